The number of halogens is 3. The molecular formula is C17H19I3N2O6. The summed E-state index contributed by atoms with van der Waals surface area (Å²) in [6.07, 6.45) is 1.74. The van der Waals surface area contributed by atoms with Crippen LogP contribution in [0.2, 0.25) is 0 Å². The average molecular weight is 728 g/mol. The fourth-order valence-electron chi connectivity index (χ4n) is 2.24. The number of hydrogen-bond acceptors (Lipinski definition) is 5. The molecule has 11 heteroatoms. The molecule has 1 aromatic rings. The van der Waals surface area contributed by atoms with Gasteiger partial charge in [0.1, 0.15) is 0 Å². The second kappa shape index (κ2) is 12.1. The minimum atomic E-state index is -0.856. The first-order valence-corrected chi connectivity index (χ1v) is 11.4. The number of carbonyl (C=O) groups is 4. The average Bonchev–Trinajstić information content (AvgIpc) is 2.58. The van der Waals surface area contributed by atoms with Crippen molar-refractivity contribution in [3.8, 4) is 0 Å². The summed E-state index contributed by atoms with van der Waals surface area (Å²) in [6, 6.07) is 0. The molecule has 0 saturated carbocycles. The van der Waals surface area contributed by atoms with Gasteiger partial charge in [0.2, 0.25) is 11.8 Å². The van der Waals surface area contributed by atoms with Crippen LogP contribution in [0.1, 0.15) is 49.9 Å². The van der Waals surface area contributed by atoms with Gasteiger partial charge in [-0.15, -0.1) is 0 Å². The highest BCUT2D eigenvalue weighted by Crippen LogP contribution is 2.39. The molecule has 3 N–H and O–H groups in total. The van der Waals surface area contributed by atoms with Gasteiger partial charge in [0.15, 0.2) is 0 Å². The van der Waals surface area contributed by atoms with E-state index in [2.05, 4.69) is 33.2 Å². The van der Waals surface area contributed by atoms with E-state index < -0.39 is 11.9 Å². The van der Waals surface area contributed by atoms with E-state index in [1.54, 1.807) is 0 Å². The molecule has 0 aromatic heterocycles. The van der Waals surface area contributed by atoms with E-state index in [4.69, 9.17) is 9.84 Å². The van der Waals surface area contributed by atoms with Crippen molar-refractivity contribution < 1.29 is 29.0 Å². The summed E-state index contributed by atoms with van der Waals surface area (Å²) in [5.41, 5.74) is 0.726. The number of aliphatic carboxylic acids is 1. The van der Waals surface area contributed by atoms with Crippen LogP contribution in [-0.4, -0.2) is 35.5 Å². The van der Waals surface area contributed by atoms with Crippen LogP contribution in [-0.2, 0) is 19.1 Å². The fraction of sp³-hybridized carbons (Fsp3) is 0.412. The van der Waals surface area contributed by atoms with Gasteiger partial charge < -0.3 is 20.5 Å². The lowest BCUT2D eigenvalue weighted by Gasteiger charge is -2.19. The van der Waals surface area contributed by atoms with Gasteiger partial charge in [0, 0.05) is 27.4 Å². The standard InChI is InChI=1S/C17H19I3N2O6/c1-8(23)21-15-11(17(27)28-7-5-3-4-6-10(25)26)12(18)13(19)14(20)16(15)22-9(2)24/h3-7H2,1-2H3,(H,21,23)(H,22,24)(H,25,26). The molecule has 0 heterocycles. The molecule has 0 unspecified atom stereocenters. The Hall–Kier alpha value is -0.710. The van der Waals surface area contributed by atoms with Crippen molar-refractivity contribution in [3.63, 3.8) is 0 Å². The molecule has 0 aliphatic rings. The van der Waals surface area contributed by atoms with Gasteiger partial charge in [-0.1, -0.05) is 0 Å². The van der Waals surface area contributed by atoms with Crippen molar-refractivity contribution in [2.75, 3.05) is 17.2 Å². The van der Waals surface area contributed by atoms with Crippen molar-refractivity contribution in [1.82, 2.24) is 0 Å². The zero-order valence-electron chi connectivity index (χ0n) is 15.2. The topological polar surface area (TPSA) is 122 Å². The Labute approximate surface area is 203 Å². The molecular weight excluding hydrogens is 709 g/mol. The molecule has 0 spiro atoms. The predicted octanol–water partition coefficient (Wildman–Crippen LogP) is 4.22. The Bertz CT molecular complexity index is 798. The van der Waals surface area contributed by atoms with Gasteiger partial charge in [-0.05, 0) is 87.0 Å². The van der Waals surface area contributed by atoms with E-state index in [0.29, 0.717) is 32.1 Å². The maximum atomic E-state index is 12.7. The lowest BCUT2D eigenvalue weighted by atomic mass is 10.1. The molecule has 1 rings (SSSR count). The van der Waals surface area contributed by atoms with Crippen LogP contribution >= 0.6 is 67.8 Å². The summed E-state index contributed by atoms with van der Waals surface area (Å²) in [7, 11) is 0. The van der Waals surface area contributed by atoms with Crippen molar-refractivity contribution in [2.45, 2.75) is 39.5 Å². The number of anilines is 2. The third-order valence-electron chi connectivity index (χ3n) is 3.40. The molecule has 0 bridgehead atoms. The molecule has 0 aliphatic heterocycles. The summed E-state index contributed by atoms with van der Waals surface area (Å²) in [5, 5.41) is 13.9. The van der Waals surface area contributed by atoms with E-state index in [-0.39, 0.29) is 36.1 Å². The minimum Gasteiger partial charge on any atom is -0.481 e. The van der Waals surface area contributed by atoms with Gasteiger partial charge in [-0.2, -0.15) is 0 Å². The van der Waals surface area contributed by atoms with Crippen LogP contribution in [0.4, 0.5) is 11.4 Å². The van der Waals surface area contributed by atoms with Crippen LogP contribution < -0.4 is 10.6 Å². The van der Waals surface area contributed by atoms with Crippen LogP contribution in [0.25, 0.3) is 0 Å². The predicted molar refractivity (Wildman–Crippen MR) is 130 cm³/mol. The largest absolute Gasteiger partial charge is 0.481 e. The van der Waals surface area contributed by atoms with Crippen molar-refractivity contribution >= 4 is 103 Å². The molecule has 0 fully saturated rings. The van der Waals surface area contributed by atoms with Crippen molar-refractivity contribution in [2.24, 2.45) is 0 Å². The Balaban J connectivity index is 3.12. The number of carbonyl (C=O) groups excluding carboxylic acids is 3. The first kappa shape index (κ1) is 25.3. The Kier molecular flexibility index (Phi) is 10.9. The van der Waals surface area contributed by atoms with Crippen LogP contribution in [0.3, 0.4) is 0 Å². The molecule has 0 atom stereocenters. The second-order valence-corrected chi connectivity index (χ2v) is 9.01. The zero-order chi connectivity index (χ0) is 21.4. The molecule has 0 saturated heterocycles. The van der Waals surface area contributed by atoms with E-state index in [0.717, 1.165) is 3.57 Å². The quantitative estimate of drug-likeness (QED) is 0.152. The van der Waals surface area contributed by atoms with Gasteiger partial charge >= 0.3 is 11.9 Å². The summed E-state index contributed by atoms with van der Waals surface area (Å²) in [4.78, 5) is 46.5. The first-order chi connectivity index (χ1) is 13.1. The number of unbranched alkanes of at least 4 members (excludes halogenated alkanes) is 2. The van der Waals surface area contributed by atoms with Gasteiger partial charge in [0.25, 0.3) is 0 Å². The second-order valence-electron chi connectivity index (χ2n) is 5.77. The number of hydrogen-bond donors (Lipinski definition) is 3. The maximum Gasteiger partial charge on any atom is 0.341 e. The highest BCUT2D eigenvalue weighted by Gasteiger charge is 2.27. The van der Waals surface area contributed by atoms with E-state index in [9.17, 15) is 19.2 Å². The van der Waals surface area contributed by atoms with Crippen LogP contribution in [0.15, 0.2) is 0 Å². The lowest BCUT2D eigenvalue weighted by Crippen LogP contribution is -2.20. The maximum absolute atomic E-state index is 12.7. The van der Waals surface area contributed by atoms with Gasteiger partial charge in [-0.25, -0.2) is 4.79 Å². The number of amides is 2. The van der Waals surface area contributed by atoms with E-state index in [1.165, 1.54) is 13.8 Å². The summed E-state index contributed by atoms with van der Waals surface area (Å²) < 4.78 is 7.40. The Morgan fingerprint density at radius 3 is 1.96 bits per heavy atom. The van der Waals surface area contributed by atoms with Crippen molar-refractivity contribution in [1.29, 1.82) is 0 Å². The normalized spacial score (nSPS) is 10.3. The molecule has 0 aliphatic carbocycles. The summed E-state index contributed by atoms with van der Waals surface area (Å²) in [5.74, 6) is -2.20. The molecule has 2 amide bonds. The van der Waals surface area contributed by atoms with E-state index in [1.807, 2.05) is 45.2 Å². The number of carboxylic acids is 1. The van der Waals surface area contributed by atoms with Crippen molar-refractivity contribution in [3.05, 3.63) is 16.3 Å². The number of nitrogens with one attached hydrogen (secondary N) is 2. The molecule has 1 aromatic carbocycles. The third-order valence-corrected chi connectivity index (χ3v) is 8.70. The summed E-state index contributed by atoms with van der Waals surface area (Å²) in [6.45, 7) is 2.78. The smallest absolute Gasteiger partial charge is 0.341 e. The molecule has 0 radical (unpaired) electrons. The Morgan fingerprint density at radius 2 is 1.43 bits per heavy atom. The lowest BCUT2D eigenvalue weighted by molar-refractivity contribution is -0.137. The number of carboxylic acid groups (broad SMARTS) is 1. The minimum absolute atomic E-state index is 0.0773. The van der Waals surface area contributed by atoms with Crippen LogP contribution in [0, 0.1) is 10.7 Å². The van der Waals surface area contributed by atoms with Crippen LogP contribution in [0.5, 0.6) is 0 Å². The monoisotopic (exact) mass is 728 g/mol. The number of benzene rings is 1. The molecule has 154 valence electrons. The molecule has 8 nitrogen and oxygen atoms in total. The highest BCUT2D eigenvalue weighted by atomic mass is 127. The number of rotatable bonds is 9. The van der Waals surface area contributed by atoms with Gasteiger partial charge in [-0.3, -0.25) is 14.4 Å². The number of esters is 1. The fourth-order valence-corrected chi connectivity index (χ4v) is 4.73. The zero-order valence-corrected chi connectivity index (χ0v) is 21.6. The number of ether oxygens (including phenoxy) is 1. The Morgan fingerprint density at radius 1 is 0.857 bits per heavy atom. The van der Waals surface area contributed by atoms with E-state index >= 15 is 0 Å². The molecule has 28 heavy (non-hydrogen) atoms. The third kappa shape index (κ3) is 7.61. The highest BCUT2D eigenvalue weighted by molar-refractivity contribution is 14.1. The van der Waals surface area contributed by atoms with Gasteiger partial charge in [0.05, 0.1) is 27.1 Å². The summed E-state index contributed by atoms with van der Waals surface area (Å²) >= 11 is 6.13. The first-order valence-electron chi connectivity index (χ1n) is 8.20. The SMILES string of the molecule is CC(=O)Nc1c(I)c(I)c(I)c(C(=O)OCCCCCC(=O)O)c1NC(C)=O.